The summed E-state index contributed by atoms with van der Waals surface area (Å²) < 4.78 is 18.1. The van der Waals surface area contributed by atoms with Gasteiger partial charge < -0.3 is 4.74 Å². The van der Waals surface area contributed by atoms with Crippen molar-refractivity contribution in [3.63, 3.8) is 0 Å². The number of rotatable bonds is 4. The van der Waals surface area contributed by atoms with Gasteiger partial charge >= 0.3 is 5.97 Å². The van der Waals surface area contributed by atoms with Crippen LogP contribution in [0.3, 0.4) is 0 Å². The Hall–Kier alpha value is -2.75. The minimum atomic E-state index is -0.464. The fourth-order valence-corrected chi connectivity index (χ4v) is 2.40. The van der Waals surface area contributed by atoms with Gasteiger partial charge in [0.1, 0.15) is 5.82 Å². The van der Waals surface area contributed by atoms with Crippen LogP contribution in [0.25, 0.3) is 6.08 Å². The summed E-state index contributed by atoms with van der Waals surface area (Å²) in [6.07, 6.45) is 2.93. The van der Waals surface area contributed by atoms with Crippen molar-refractivity contribution >= 4 is 17.9 Å². The lowest BCUT2D eigenvalue weighted by molar-refractivity contribution is -0.130. The van der Waals surface area contributed by atoms with Gasteiger partial charge in [-0.25, -0.2) is 14.2 Å². The van der Waals surface area contributed by atoms with Gasteiger partial charge in [-0.1, -0.05) is 42.0 Å². The monoisotopic (exact) mass is 309 g/mol. The van der Waals surface area contributed by atoms with Crippen LogP contribution in [0.1, 0.15) is 23.1 Å². The average Bonchev–Trinajstić information content (AvgIpc) is 2.88. The van der Waals surface area contributed by atoms with E-state index in [9.17, 15) is 9.18 Å². The Morgan fingerprint density at radius 2 is 1.91 bits per heavy atom. The van der Waals surface area contributed by atoms with Gasteiger partial charge in [-0.2, -0.15) is 0 Å². The molecule has 4 heteroatoms. The highest BCUT2D eigenvalue weighted by atomic mass is 19.1. The SMILES string of the molecule is Cc1cccc(CCC2=N/C(=C/c3ccc(F)cc3)C(=O)O2)c1. The van der Waals surface area contributed by atoms with Crippen LogP contribution in [0.4, 0.5) is 4.39 Å². The third-order valence-electron chi connectivity index (χ3n) is 3.55. The lowest BCUT2D eigenvalue weighted by Gasteiger charge is -2.01. The number of nitrogens with zero attached hydrogens (tertiary/aromatic N) is 1. The lowest BCUT2D eigenvalue weighted by Crippen LogP contribution is -2.05. The van der Waals surface area contributed by atoms with Gasteiger partial charge in [0.25, 0.3) is 0 Å². The van der Waals surface area contributed by atoms with Crippen LogP contribution in [-0.4, -0.2) is 11.9 Å². The third kappa shape index (κ3) is 3.92. The number of halogens is 1. The molecular formula is C19H16FNO2. The van der Waals surface area contributed by atoms with Gasteiger partial charge in [-0.15, -0.1) is 0 Å². The topological polar surface area (TPSA) is 38.7 Å². The standard InChI is InChI=1S/C19H16FNO2/c1-13-3-2-4-14(11-13)7-10-18-21-17(19(22)23-18)12-15-5-8-16(20)9-6-15/h2-6,8-9,11-12H,7,10H2,1H3/b17-12+. The highest BCUT2D eigenvalue weighted by Crippen LogP contribution is 2.18. The molecule has 0 saturated carbocycles. The van der Waals surface area contributed by atoms with Crippen molar-refractivity contribution in [3.05, 3.63) is 76.7 Å². The summed E-state index contributed by atoms with van der Waals surface area (Å²) in [4.78, 5) is 16.1. The van der Waals surface area contributed by atoms with Crippen molar-refractivity contribution in [1.29, 1.82) is 0 Å². The van der Waals surface area contributed by atoms with E-state index in [1.54, 1.807) is 18.2 Å². The molecule has 1 heterocycles. The molecule has 0 amide bonds. The van der Waals surface area contributed by atoms with E-state index >= 15 is 0 Å². The molecule has 0 atom stereocenters. The molecule has 0 unspecified atom stereocenters. The zero-order valence-electron chi connectivity index (χ0n) is 12.8. The minimum absolute atomic E-state index is 0.246. The van der Waals surface area contributed by atoms with Gasteiger partial charge in [0.05, 0.1) is 0 Å². The van der Waals surface area contributed by atoms with E-state index in [4.69, 9.17) is 4.74 Å². The zero-order chi connectivity index (χ0) is 16.2. The molecule has 116 valence electrons. The third-order valence-corrected chi connectivity index (χ3v) is 3.55. The zero-order valence-corrected chi connectivity index (χ0v) is 12.8. The summed E-state index contributed by atoms with van der Waals surface area (Å²) >= 11 is 0. The Labute approximate surface area is 134 Å². The summed E-state index contributed by atoms with van der Waals surface area (Å²) in [7, 11) is 0. The van der Waals surface area contributed by atoms with E-state index in [0.717, 1.165) is 6.42 Å². The van der Waals surface area contributed by atoms with Gasteiger partial charge in [0.15, 0.2) is 11.6 Å². The van der Waals surface area contributed by atoms with Crippen LogP contribution in [0.5, 0.6) is 0 Å². The predicted octanol–water partition coefficient (Wildman–Crippen LogP) is 4.06. The van der Waals surface area contributed by atoms with Crippen LogP contribution >= 0.6 is 0 Å². The molecule has 0 bridgehead atoms. The van der Waals surface area contributed by atoms with E-state index in [-0.39, 0.29) is 11.5 Å². The Morgan fingerprint density at radius 3 is 2.65 bits per heavy atom. The maximum atomic E-state index is 12.9. The summed E-state index contributed by atoms with van der Waals surface area (Å²) in [5, 5.41) is 0. The van der Waals surface area contributed by atoms with Crippen molar-refractivity contribution in [1.82, 2.24) is 0 Å². The molecule has 0 N–H and O–H groups in total. The maximum absolute atomic E-state index is 12.9. The number of esters is 1. The maximum Gasteiger partial charge on any atom is 0.363 e. The number of benzene rings is 2. The second-order valence-electron chi connectivity index (χ2n) is 5.47. The summed E-state index contributed by atoms with van der Waals surface area (Å²) in [6.45, 7) is 2.04. The molecule has 0 aliphatic carbocycles. The molecule has 1 aliphatic heterocycles. The number of ether oxygens (including phenoxy) is 1. The van der Waals surface area contributed by atoms with Gasteiger partial charge in [0, 0.05) is 6.42 Å². The quantitative estimate of drug-likeness (QED) is 0.631. The number of aliphatic imine (C=N–C) groups is 1. The predicted molar refractivity (Wildman–Crippen MR) is 87.4 cm³/mol. The van der Waals surface area contributed by atoms with Crippen molar-refractivity contribution < 1.29 is 13.9 Å². The number of carbonyl (C=O) groups is 1. The molecule has 3 rings (SSSR count). The summed E-state index contributed by atoms with van der Waals surface area (Å²) in [6, 6.07) is 14.1. The molecule has 3 nitrogen and oxygen atoms in total. The second kappa shape index (κ2) is 6.57. The molecule has 0 aromatic heterocycles. The first-order valence-corrected chi connectivity index (χ1v) is 7.43. The van der Waals surface area contributed by atoms with E-state index in [1.807, 2.05) is 25.1 Å². The fourth-order valence-electron chi connectivity index (χ4n) is 2.40. The first-order chi connectivity index (χ1) is 11.1. The molecule has 0 radical (unpaired) electrons. The van der Waals surface area contributed by atoms with Crippen LogP contribution in [0, 0.1) is 12.7 Å². The van der Waals surface area contributed by atoms with E-state index in [1.165, 1.54) is 23.3 Å². The smallest absolute Gasteiger partial charge is 0.363 e. The van der Waals surface area contributed by atoms with Crippen LogP contribution in [0.15, 0.2) is 59.2 Å². The lowest BCUT2D eigenvalue weighted by atomic mass is 10.1. The summed E-state index contributed by atoms with van der Waals surface area (Å²) in [5.41, 5.74) is 3.34. The Morgan fingerprint density at radius 1 is 1.13 bits per heavy atom. The Bertz CT molecular complexity index is 791. The molecular weight excluding hydrogens is 293 g/mol. The summed E-state index contributed by atoms with van der Waals surface area (Å²) in [5.74, 6) is -0.359. The van der Waals surface area contributed by atoms with Crippen molar-refractivity contribution in [2.45, 2.75) is 19.8 Å². The number of aryl methyl sites for hydroxylation is 2. The van der Waals surface area contributed by atoms with E-state index < -0.39 is 5.97 Å². The first kappa shape index (κ1) is 15.2. The molecule has 0 fully saturated rings. The molecule has 2 aromatic carbocycles. The second-order valence-corrected chi connectivity index (χ2v) is 5.47. The number of hydrogen-bond acceptors (Lipinski definition) is 3. The molecule has 0 spiro atoms. The highest BCUT2D eigenvalue weighted by Gasteiger charge is 2.22. The number of carbonyl (C=O) groups excluding carboxylic acids is 1. The first-order valence-electron chi connectivity index (χ1n) is 7.43. The van der Waals surface area contributed by atoms with Gasteiger partial charge in [-0.05, 0) is 42.7 Å². The van der Waals surface area contributed by atoms with Crippen LogP contribution in [0.2, 0.25) is 0 Å². The van der Waals surface area contributed by atoms with E-state index in [0.29, 0.717) is 17.9 Å². The largest absolute Gasteiger partial charge is 0.407 e. The molecule has 0 saturated heterocycles. The normalized spacial score (nSPS) is 15.7. The molecule has 23 heavy (non-hydrogen) atoms. The minimum Gasteiger partial charge on any atom is -0.407 e. The van der Waals surface area contributed by atoms with E-state index in [2.05, 4.69) is 11.1 Å². The van der Waals surface area contributed by atoms with Crippen molar-refractivity contribution in [3.8, 4) is 0 Å². The molecule has 2 aromatic rings. The van der Waals surface area contributed by atoms with Gasteiger partial charge in [0.2, 0.25) is 0 Å². The van der Waals surface area contributed by atoms with Crippen molar-refractivity contribution in [2.24, 2.45) is 4.99 Å². The Kier molecular flexibility index (Phi) is 4.33. The number of hydrogen-bond donors (Lipinski definition) is 0. The van der Waals surface area contributed by atoms with Crippen LogP contribution < -0.4 is 0 Å². The highest BCUT2D eigenvalue weighted by molar-refractivity contribution is 6.07. The average molecular weight is 309 g/mol. The van der Waals surface area contributed by atoms with Crippen molar-refractivity contribution in [2.75, 3.05) is 0 Å². The van der Waals surface area contributed by atoms with Crippen LogP contribution in [-0.2, 0) is 16.0 Å². The fraction of sp³-hybridized carbons (Fsp3) is 0.158. The number of cyclic esters (lactones) is 1. The van der Waals surface area contributed by atoms with Gasteiger partial charge in [-0.3, -0.25) is 0 Å². The molecule has 1 aliphatic rings. The Balaban J connectivity index is 1.70.